The molecule has 1 amide bonds. The van der Waals surface area contributed by atoms with Gasteiger partial charge in [0.15, 0.2) is 0 Å². The van der Waals surface area contributed by atoms with Gasteiger partial charge >= 0.3 is 5.97 Å². The van der Waals surface area contributed by atoms with Gasteiger partial charge in [-0.05, 0) is 25.0 Å². The van der Waals surface area contributed by atoms with Gasteiger partial charge < -0.3 is 10.4 Å². The van der Waals surface area contributed by atoms with Gasteiger partial charge in [-0.15, -0.1) is 0 Å². The second-order valence-electron chi connectivity index (χ2n) is 3.83. The molecule has 1 aromatic carbocycles. The van der Waals surface area contributed by atoms with Gasteiger partial charge in [0.1, 0.15) is 23.2 Å². The molecule has 0 aromatic heterocycles. The van der Waals surface area contributed by atoms with E-state index in [2.05, 4.69) is 5.32 Å². The van der Waals surface area contributed by atoms with E-state index in [-0.39, 0.29) is 12.0 Å². The fraction of sp³-hybridized carbons (Fsp3) is 0.333. The molecule has 0 aliphatic carbocycles. The Morgan fingerprint density at radius 3 is 2.50 bits per heavy atom. The van der Waals surface area contributed by atoms with Crippen LogP contribution in [0.3, 0.4) is 0 Å². The van der Waals surface area contributed by atoms with Crippen molar-refractivity contribution in [2.75, 3.05) is 0 Å². The first-order valence-corrected chi connectivity index (χ1v) is 5.36. The minimum atomic E-state index is -1.25. The number of aliphatic carboxylic acids is 1. The van der Waals surface area contributed by atoms with Gasteiger partial charge in [-0.3, -0.25) is 4.79 Å². The maximum Gasteiger partial charge on any atom is 0.326 e. The quantitative estimate of drug-likeness (QED) is 0.865. The molecule has 0 fully saturated rings. The molecule has 98 valence electrons. The standard InChI is InChI=1S/C12H13F2NO3/c1-3-8(12(17)18)15-11(16)9-7(13)5-4-6(2)10(9)14/h4-5,8H,3H2,1-2H3,(H,15,16)(H,17,18)/t8-/m1/s1. The average Bonchev–Trinajstić information content (AvgIpc) is 2.31. The normalized spacial score (nSPS) is 12.0. The van der Waals surface area contributed by atoms with Crippen molar-refractivity contribution in [3.8, 4) is 0 Å². The molecule has 1 atom stereocenters. The van der Waals surface area contributed by atoms with E-state index >= 15 is 0 Å². The lowest BCUT2D eigenvalue weighted by Gasteiger charge is -2.13. The summed E-state index contributed by atoms with van der Waals surface area (Å²) in [6, 6.07) is 1.00. The summed E-state index contributed by atoms with van der Waals surface area (Å²) >= 11 is 0. The van der Waals surface area contributed by atoms with E-state index in [0.29, 0.717) is 0 Å². The number of carbonyl (C=O) groups is 2. The second-order valence-corrected chi connectivity index (χ2v) is 3.83. The summed E-state index contributed by atoms with van der Waals surface area (Å²) in [6.07, 6.45) is 0.121. The highest BCUT2D eigenvalue weighted by Gasteiger charge is 2.24. The van der Waals surface area contributed by atoms with Crippen molar-refractivity contribution in [1.82, 2.24) is 5.32 Å². The minimum absolute atomic E-state index is 0.116. The molecule has 6 heteroatoms. The Kier molecular flexibility index (Phi) is 4.36. The lowest BCUT2D eigenvalue weighted by Crippen LogP contribution is -2.41. The Morgan fingerprint density at radius 1 is 1.39 bits per heavy atom. The third kappa shape index (κ3) is 2.82. The zero-order valence-corrected chi connectivity index (χ0v) is 9.96. The molecule has 0 spiro atoms. The Hall–Kier alpha value is -1.98. The Morgan fingerprint density at radius 2 is 2.00 bits per heavy atom. The predicted octanol–water partition coefficient (Wildman–Crippen LogP) is 1.87. The van der Waals surface area contributed by atoms with E-state index in [9.17, 15) is 18.4 Å². The molecule has 0 aliphatic rings. The molecule has 0 saturated heterocycles. The van der Waals surface area contributed by atoms with Crippen molar-refractivity contribution in [2.24, 2.45) is 0 Å². The molecule has 0 aliphatic heterocycles. The summed E-state index contributed by atoms with van der Waals surface area (Å²) in [7, 11) is 0. The van der Waals surface area contributed by atoms with Crippen molar-refractivity contribution in [1.29, 1.82) is 0 Å². The number of benzene rings is 1. The van der Waals surface area contributed by atoms with Crippen molar-refractivity contribution in [3.63, 3.8) is 0 Å². The maximum absolute atomic E-state index is 13.6. The van der Waals surface area contributed by atoms with E-state index < -0.39 is 35.1 Å². The van der Waals surface area contributed by atoms with Gasteiger partial charge in [-0.2, -0.15) is 0 Å². The first-order chi connectivity index (χ1) is 8.38. The zero-order chi connectivity index (χ0) is 13.9. The van der Waals surface area contributed by atoms with Crippen LogP contribution in [0.4, 0.5) is 8.78 Å². The molecule has 0 bridgehead atoms. The van der Waals surface area contributed by atoms with Gasteiger partial charge in [0.25, 0.3) is 5.91 Å². The van der Waals surface area contributed by atoms with Gasteiger partial charge in [0.05, 0.1) is 0 Å². The summed E-state index contributed by atoms with van der Waals surface area (Å²) in [5.74, 6) is -4.31. The number of nitrogens with one attached hydrogen (secondary N) is 1. The van der Waals surface area contributed by atoms with E-state index in [0.717, 1.165) is 6.07 Å². The third-order valence-electron chi connectivity index (χ3n) is 2.52. The number of rotatable bonds is 4. The van der Waals surface area contributed by atoms with Crippen LogP contribution in [-0.2, 0) is 4.79 Å². The summed E-state index contributed by atoms with van der Waals surface area (Å²) in [5.41, 5.74) is -0.639. The van der Waals surface area contributed by atoms with Crippen molar-refractivity contribution in [2.45, 2.75) is 26.3 Å². The SMILES string of the molecule is CC[C@@H](NC(=O)c1c(F)ccc(C)c1F)C(=O)O. The second kappa shape index (κ2) is 5.57. The highest BCUT2D eigenvalue weighted by molar-refractivity contribution is 5.97. The van der Waals surface area contributed by atoms with Gasteiger partial charge in [0, 0.05) is 0 Å². The van der Waals surface area contributed by atoms with Crippen molar-refractivity contribution < 1.29 is 23.5 Å². The zero-order valence-electron chi connectivity index (χ0n) is 9.96. The van der Waals surface area contributed by atoms with Crippen LogP contribution in [0.25, 0.3) is 0 Å². The lowest BCUT2D eigenvalue weighted by atomic mass is 10.1. The minimum Gasteiger partial charge on any atom is -0.480 e. The largest absolute Gasteiger partial charge is 0.480 e. The molecular formula is C12H13F2NO3. The maximum atomic E-state index is 13.6. The van der Waals surface area contributed by atoms with Crippen LogP contribution in [0.15, 0.2) is 12.1 Å². The molecule has 1 aromatic rings. The summed E-state index contributed by atoms with van der Waals surface area (Å²) in [4.78, 5) is 22.4. The molecular weight excluding hydrogens is 244 g/mol. The topological polar surface area (TPSA) is 66.4 Å². The highest BCUT2D eigenvalue weighted by atomic mass is 19.1. The lowest BCUT2D eigenvalue weighted by molar-refractivity contribution is -0.139. The molecule has 1 rings (SSSR count). The molecule has 0 unspecified atom stereocenters. The number of amides is 1. The van der Waals surface area contributed by atoms with Crippen molar-refractivity contribution in [3.05, 3.63) is 34.9 Å². The number of aryl methyl sites for hydroxylation is 1. The number of hydrogen-bond acceptors (Lipinski definition) is 2. The van der Waals surface area contributed by atoms with Crippen LogP contribution in [-0.4, -0.2) is 23.0 Å². The summed E-state index contributed by atoms with van der Waals surface area (Å²) in [5, 5.41) is 10.8. The van der Waals surface area contributed by atoms with E-state index in [1.807, 2.05) is 0 Å². The van der Waals surface area contributed by atoms with Crippen molar-refractivity contribution >= 4 is 11.9 Å². The number of halogens is 2. The number of hydrogen-bond donors (Lipinski definition) is 2. The molecule has 2 N–H and O–H groups in total. The van der Waals surface area contributed by atoms with E-state index in [1.165, 1.54) is 13.0 Å². The molecule has 4 nitrogen and oxygen atoms in total. The first-order valence-electron chi connectivity index (χ1n) is 5.36. The Labute approximate surface area is 103 Å². The molecule has 18 heavy (non-hydrogen) atoms. The Balaban J connectivity index is 3.05. The van der Waals surface area contributed by atoms with Crippen LogP contribution in [0.2, 0.25) is 0 Å². The summed E-state index contributed by atoms with van der Waals surface area (Å²) in [6.45, 7) is 2.93. The van der Waals surface area contributed by atoms with Gasteiger partial charge in [0.2, 0.25) is 0 Å². The van der Waals surface area contributed by atoms with Crippen LogP contribution >= 0.6 is 0 Å². The average molecular weight is 257 g/mol. The molecule has 0 saturated carbocycles. The van der Waals surface area contributed by atoms with Crippen LogP contribution in [0, 0.1) is 18.6 Å². The van der Waals surface area contributed by atoms with E-state index in [4.69, 9.17) is 5.11 Å². The van der Waals surface area contributed by atoms with Crippen LogP contribution in [0.5, 0.6) is 0 Å². The highest BCUT2D eigenvalue weighted by Crippen LogP contribution is 2.16. The number of carboxylic acids is 1. The fourth-order valence-corrected chi connectivity index (χ4v) is 1.43. The van der Waals surface area contributed by atoms with Crippen LogP contribution in [0.1, 0.15) is 29.3 Å². The van der Waals surface area contributed by atoms with Gasteiger partial charge in [-0.25, -0.2) is 13.6 Å². The summed E-state index contributed by atoms with van der Waals surface area (Å²) < 4.78 is 27.0. The number of carbonyl (C=O) groups excluding carboxylic acids is 1. The molecule has 0 radical (unpaired) electrons. The Bertz CT molecular complexity index is 488. The van der Waals surface area contributed by atoms with E-state index in [1.54, 1.807) is 6.92 Å². The third-order valence-corrected chi connectivity index (χ3v) is 2.52. The number of carboxylic acid groups (broad SMARTS) is 1. The smallest absolute Gasteiger partial charge is 0.326 e. The predicted molar refractivity (Wildman–Crippen MR) is 60.3 cm³/mol. The van der Waals surface area contributed by atoms with Crippen LogP contribution < -0.4 is 5.32 Å². The fourth-order valence-electron chi connectivity index (χ4n) is 1.43. The van der Waals surface area contributed by atoms with Gasteiger partial charge in [-0.1, -0.05) is 13.0 Å². The molecule has 0 heterocycles. The first kappa shape index (κ1) is 14.1. The monoisotopic (exact) mass is 257 g/mol.